The molecule has 0 spiro atoms. The Bertz CT molecular complexity index is 1010. The largest absolute Gasteiger partial charge is 0.438 e. The molecule has 4 rings (SSSR count). The second kappa shape index (κ2) is 8.35. The van der Waals surface area contributed by atoms with Crippen molar-refractivity contribution in [2.24, 2.45) is 0 Å². The molecule has 1 aliphatic rings. The lowest BCUT2D eigenvalue weighted by atomic mass is 9.75. The first-order valence-corrected chi connectivity index (χ1v) is 9.81. The van der Waals surface area contributed by atoms with E-state index in [0.29, 0.717) is 61.9 Å². The van der Waals surface area contributed by atoms with Crippen LogP contribution >= 0.6 is 0 Å². The standard InChI is InChI=1S/C21H23FN4O4/c1-14-17(29-13-23-14)19(27)26-10-7-21(8-11-26,9-12-28-2)20-24-18(30-25-20)15-3-5-16(22)6-4-15/h3-6,13H,7-12H2,1-2H3. The molecule has 1 aliphatic heterocycles. The van der Waals surface area contributed by atoms with Crippen LogP contribution in [0.5, 0.6) is 0 Å². The normalized spacial score (nSPS) is 16.0. The fraction of sp³-hybridized carbons (Fsp3) is 0.429. The van der Waals surface area contributed by atoms with Gasteiger partial charge in [0.15, 0.2) is 12.2 Å². The summed E-state index contributed by atoms with van der Waals surface area (Å²) in [5, 5.41) is 4.23. The van der Waals surface area contributed by atoms with Crippen molar-refractivity contribution >= 4 is 5.91 Å². The highest BCUT2D eigenvalue weighted by Crippen LogP contribution is 2.38. The number of amides is 1. The number of halogens is 1. The van der Waals surface area contributed by atoms with Crippen LogP contribution in [-0.2, 0) is 10.2 Å². The molecule has 1 aromatic carbocycles. The Balaban J connectivity index is 1.54. The summed E-state index contributed by atoms with van der Waals surface area (Å²) in [4.78, 5) is 23.1. The molecule has 1 fully saturated rings. The van der Waals surface area contributed by atoms with Crippen LogP contribution < -0.4 is 0 Å². The predicted molar refractivity (Wildman–Crippen MR) is 104 cm³/mol. The first kappa shape index (κ1) is 20.2. The lowest BCUT2D eigenvalue weighted by Gasteiger charge is -2.39. The first-order chi connectivity index (χ1) is 14.5. The highest BCUT2D eigenvalue weighted by molar-refractivity contribution is 5.92. The van der Waals surface area contributed by atoms with Gasteiger partial charge in [-0.25, -0.2) is 9.37 Å². The van der Waals surface area contributed by atoms with Gasteiger partial charge in [0, 0.05) is 37.8 Å². The van der Waals surface area contributed by atoms with Crippen molar-refractivity contribution in [2.75, 3.05) is 26.8 Å². The minimum absolute atomic E-state index is 0.162. The molecule has 1 amide bonds. The molecule has 0 saturated carbocycles. The van der Waals surface area contributed by atoms with Crippen molar-refractivity contribution in [1.82, 2.24) is 20.0 Å². The van der Waals surface area contributed by atoms with Crippen LogP contribution in [0.3, 0.4) is 0 Å². The quantitative estimate of drug-likeness (QED) is 0.610. The summed E-state index contributed by atoms with van der Waals surface area (Å²) >= 11 is 0. The smallest absolute Gasteiger partial charge is 0.291 e. The van der Waals surface area contributed by atoms with Crippen LogP contribution in [0.4, 0.5) is 4.39 Å². The Morgan fingerprint density at radius 1 is 1.27 bits per heavy atom. The Morgan fingerprint density at radius 2 is 2.00 bits per heavy atom. The van der Waals surface area contributed by atoms with Gasteiger partial charge < -0.3 is 18.6 Å². The van der Waals surface area contributed by atoms with Crippen molar-refractivity contribution in [3.8, 4) is 11.5 Å². The van der Waals surface area contributed by atoms with Gasteiger partial charge in [-0.1, -0.05) is 5.16 Å². The number of oxazole rings is 1. The Labute approximate surface area is 173 Å². The average Bonchev–Trinajstić information content (AvgIpc) is 3.42. The summed E-state index contributed by atoms with van der Waals surface area (Å²) in [5.41, 5.74) is 0.870. The molecular weight excluding hydrogens is 391 g/mol. The molecule has 1 saturated heterocycles. The van der Waals surface area contributed by atoms with Gasteiger partial charge in [-0.15, -0.1) is 0 Å². The molecular formula is C21H23FN4O4. The zero-order valence-electron chi connectivity index (χ0n) is 16.9. The molecule has 0 aliphatic carbocycles. The number of likely N-dealkylation sites (tertiary alicyclic amines) is 1. The molecule has 8 nitrogen and oxygen atoms in total. The zero-order chi connectivity index (χ0) is 21.1. The number of hydrogen-bond acceptors (Lipinski definition) is 7. The number of ether oxygens (including phenoxy) is 1. The summed E-state index contributed by atoms with van der Waals surface area (Å²) in [6.07, 6.45) is 3.32. The number of aryl methyl sites for hydroxylation is 1. The van der Waals surface area contributed by atoms with E-state index >= 15 is 0 Å². The van der Waals surface area contributed by atoms with Crippen LogP contribution in [0, 0.1) is 12.7 Å². The van der Waals surface area contributed by atoms with E-state index in [4.69, 9.17) is 13.7 Å². The number of hydrogen-bond donors (Lipinski definition) is 0. The Hall–Kier alpha value is -3.07. The van der Waals surface area contributed by atoms with Gasteiger partial charge in [0.2, 0.25) is 5.76 Å². The van der Waals surface area contributed by atoms with E-state index in [-0.39, 0.29) is 22.9 Å². The van der Waals surface area contributed by atoms with E-state index in [1.165, 1.54) is 18.5 Å². The number of rotatable bonds is 6. The average molecular weight is 414 g/mol. The molecule has 158 valence electrons. The van der Waals surface area contributed by atoms with E-state index in [0.717, 1.165) is 0 Å². The van der Waals surface area contributed by atoms with E-state index in [2.05, 4.69) is 15.1 Å². The number of carbonyl (C=O) groups is 1. The topological polar surface area (TPSA) is 94.5 Å². The number of benzene rings is 1. The predicted octanol–water partition coefficient (Wildman–Crippen LogP) is 3.38. The maximum atomic E-state index is 13.2. The lowest BCUT2D eigenvalue weighted by molar-refractivity contribution is 0.0586. The van der Waals surface area contributed by atoms with E-state index in [1.54, 1.807) is 31.1 Å². The number of methoxy groups -OCH3 is 1. The molecule has 3 aromatic rings. The van der Waals surface area contributed by atoms with Crippen LogP contribution in [0.2, 0.25) is 0 Å². The van der Waals surface area contributed by atoms with Crippen LogP contribution in [0.25, 0.3) is 11.5 Å². The fourth-order valence-electron chi connectivity index (χ4n) is 3.82. The fourth-order valence-corrected chi connectivity index (χ4v) is 3.82. The van der Waals surface area contributed by atoms with Gasteiger partial charge in [-0.3, -0.25) is 4.79 Å². The highest BCUT2D eigenvalue weighted by Gasteiger charge is 2.41. The second-order valence-electron chi connectivity index (χ2n) is 7.51. The number of aromatic nitrogens is 3. The van der Waals surface area contributed by atoms with Crippen molar-refractivity contribution in [1.29, 1.82) is 0 Å². The molecule has 3 heterocycles. The first-order valence-electron chi connectivity index (χ1n) is 9.81. The summed E-state index contributed by atoms with van der Waals surface area (Å²) < 4.78 is 29.2. The number of carbonyl (C=O) groups excluding carboxylic acids is 1. The van der Waals surface area contributed by atoms with Gasteiger partial charge in [0.05, 0.1) is 5.69 Å². The van der Waals surface area contributed by atoms with Crippen molar-refractivity contribution < 1.29 is 22.9 Å². The number of nitrogens with zero attached hydrogens (tertiary/aromatic N) is 4. The van der Waals surface area contributed by atoms with E-state index in [1.807, 2.05) is 0 Å². The minimum atomic E-state index is -0.370. The summed E-state index contributed by atoms with van der Waals surface area (Å²) in [6, 6.07) is 5.93. The molecule has 30 heavy (non-hydrogen) atoms. The molecule has 2 aromatic heterocycles. The summed E-state index contributed by atoms with van der Waals surface area (Å²) in [6.45, 7) is 3.35. The molecule has 0 unspecified atom stereocenters. The van der Waals surface area contributed by atoms with Gasteiger partial charge >= 0.3 is 0 Å². The summed E-state index contributed by atoms with van der Waals surface area (Å²) in [7, 11) is 1.65. The minimum Gasteiger partial charge on any atom is -0.438 e. The third-order valence-electron chi connectivity index (χ3n) is 5.72. The monoisotopic (exact) mass is 414 g/mol. The van der Waals surface area contributed by atoms with Crippen LogP contribution in [0.15, 0.2) is 39.6 Å². The highest BCUT2D eigenvalue weighted by atomic mass is 19.1. The zero-order valence-corrected chi connectivity index (χ0v) is 16.9. The maximum Gasteiger partial charge on any atom is 0.291 e. The number of piperidine rings is 1. The second-order valence-corrected chi connectivity index (χ2v) is 7.51. The van der Waals surface area contributed by atoms with Gasteiger partial charge in [-0.05, 0) is 50.5 Å². The van der Waals surface area contributed by atoms with Crippen molar-refractivity contribution in [3.05, 3.63) is 53.8 Å². The van der Waals surface area contributed by atoms with Crippen molar-refractivity contribution in [2.45, 2.75) is 31.6 Å². The molecule has 0 radical (unpaired) electrons. The third-order valence-corrected chi connectivity index (χ3v) is 5.72. The van der Waals surface area contributed by atoms with Crippen molar-refractivity contribution in [3.63, 3.8) is 0 Å². The maximum absolute atomic E-state index is 13.2. The van der Waals surface area contributed by atoms with E-state index < -0.39 is 0 Å². The molecule has 9 heteroatoms. The molecule has 0 bridgehead atoms. The van der Waals surface area contributed by atoms with E-state index in [9.17, 15) is 9.18 Å². The summed E-state index contributed by atoms with van der Waals surface area (Å²) in [5.74, 6) is 0.719. The van der Waals surface area contributed by atoms with Gasteiger partial charge in [0.1, 0.15) is 5.82 Å². The van der Waals surface area contributed by atoms with Crippen LogP contribution in [0.1, 0.15) is 41.3 Å². The SMILES string of the molecule is COCCC1(c2noc(-c3ccc(F)cc3)n2)CCN(C(=O)c2ocnc2C)CC1. The van der Waals surface area contributed by atoms with Gasteiger partial charge in [-0.2, -0.15) is 4.98 Å². The molecule has 0 atom stereocenters. The van der Waals surface area contributed by atoms with Crippen LogP contribution in [-0.4, -0.2) is 52.7 Å². The molecule has 0 N–H and O–H groups in total. The van der Waals surface area contributed by atoms with Gasteiger partial charge in [0.25, 0.3) is 11.8 Å². The lowest BCUT2D eigenvalue weighted by Crippen LogP contribution is -2.46. The third kappa shape index (κ3) is 3.85. The Morgan fingerprint density at radius 3 is 2.63 bits per heavy atom. The Kier molecular flexibility index (Phi) is 5.63.